The number of nitrogens with zero attached hydrogens (tertiary/aromatic N) is 3. The number of amides is 5. The van der Waals surface area contributed by atoms with Gasteiger partial charge in [0.15, 0.2) is 0 Å². The van der Waals surface area contributed by atoms with E-state index in [4.69, 9.17) is 14.2 Å². The van der Waals surface area contributed by atoms with Crippen molar-refractivity contribution in [2.24, 2.45) is 23.7 Å². The molecule has 0 saturated carbocycles. The van der Waals surface area contributed by atoms with Crippen LogP contribution in [0.5, 0.6) is 0 Å². The zero-order chi connectivity index (χ0) is 45.4. The predicted octanol–water partition coefficient (Wildman–Crippen LogP) is 6.50. The fraction of sp³-hybridized carbons (Fsp3) is 0.744. The molecule has 1 saturated heterocycles. The molecule has 1 aliphatic heterocycles. The van der Waals surface area contributed by atoms with Gasteiger partial charge in [-0.1, -0.05) is 96.0 Å². The minimum atomic E-state index is -0.931. The summed E-state index contributed by atoms with van der Waals surface area (Å²) in [6, 6.07) is 5.85. The summed E-state index contributed by atoms with van der Waals surface area (Å²) in [6.07, 6.45) is -0.776. The van der Waals surface area contributed by atoms with Crippen molar-refractivity contribution in [3.8, 4) is 0 Å². The first-order valence-electron chi connectivity index (χ1n) is 21.1. The van der Waals surface area contributed by atoms with Gasteiger partial charge in [0.25, 0.3) is 0 Å². The largest absolute Gasteiger partial charge is 0.448 e. The Kier molecular flexibility index (Phi) is 23.6. The maximum Gasteiger partial charge on any atom is 0.410 e. The molecule has 1 heterocycles. The lowest BCUT2D eigenvalue weighted by Gasteiger charge is -2.41. The molecule has 5 amide bonds. The Labute approximate surface area is 379 Å². The first kappa shape index (κ1) is 53.8. The zero-order valence-corrected chi connectivity index (χ0v) is 41.7. The number of rotatable bonds is 24. The highest BCUT2D eigenvalue weighted by molar-refractivity contribution is 14.2. The molecular formula is C43H72IN5O9S2. The normalized spacial score (nSPS) is 19.3. The highest BCUT2D eigenvalue weighted by Crippen LogP contribution is 2.33. The predicted molar refractivity (Wildman–Crippen MR) is 248 cm³/mol. The molecular weight excluding hydrogens is 922 g/mol. The summed E-state index contributed by atoms with van der Waals surface area (Å²) in [7, 11) is 9.42. The number of likely N-dealkylation sites (tertiary alicyclic amines) is 1. The monoisotopic (exact) mass is 993 g/mol. The van der Waals surface area contributed by atoms with Gasteiger partial charge in [0.05, 0.1) is 48.8 Å². The maximum atomic E-state index is 14.5. The van der Waals surface area contributed by atoms with Gasteiger partial charge in [-0.25, -0.2) is 4.79 Å². The number of aliphatic hydroxyl groups excluding tert-OH is 1. The van der Waals surface area contributed by atoms with Gasteiger partial charge in [-0.2, -0.15) is 0 Å². The lowest BCUT2D eigenvalue weighted by molar-refractivity contribution is -0.148. The van der Waals surface area contributed by atoms with E-state index in [2.05, 4.69) is 31.8 Å². The lowest BCUT2D eigenvalue weighted by atomic mass is 9.89. The summed E-state index contributed by atoms with van der Waals surface area (Å²) in [4.78, 5) is 73.9. The number of hydrogen-bond donors (Lipinski definition) is 3. The molecule has 0 spiro atoms. The minimum Gasteiger partial charge on any atom is -0.448 e. The molecule has 11 atom stereocenters. The Balaban J connectivity index is 2.26. The first-order valence-corrected chi connectivity index (χ1v) is 25.8. The summed E-state index contributed by atoms with van der Waals surface area (Å²) < 4.78 is 17.5. The van der Waals surface area contributed by atoms with Gasteiger partial charge in [0, 0.05) is 61.3 Å². The van der Waals surface area contributed by atoms with Crippen LogP contribution in [0.2, 0.25) is 0 Å². The van der Waals surface area contributed by atoms with E-state index in [-0.39, 0.29) is 59.8 Å². The second kappa shape index (κ2) is 26.3. The molecule has 342 valence electrons. The summed E-state index contributed by atoms with van der Waals surface area (Å²) in [5.41, 5.74) is 0.696. The highest BCUT2D eigenvalue weighted by Gasteiger charge is 2.43. The fourth-order valence-corrected chi connectivity index (χ4v) is 12.0. The van der Waals surface area contributed by atoms with E-state index >= 15 is 0 Å². The summed E-state index contributed by atoms with van der Waals surface area (Å²) in [5.74, 6) is -2.58. The van der Waals surface area contributed by atoms with Crippen LogP contribution in [0.1, 0.15) is 99.7 Å². The van der Waals surface area contributed by atoms with Gasteiger partial charge < -0.3 is 39.8 Å². The topological polar surface area (TPSA) is 167 Å². The van der Waals surface area contributed by atoms with Crippen molar-refractivity contribution in [2.75, 3.05) is 41.5 Å². The lowest BCUT2D eigenvalue weighted by Crippen LogP contribution is -2.60. The molecule has 0 unspecified atom stereocenters. The summed E-state index contributed by atoms with van der Waals surface area (Å²) >= 11 is 2.17. The number of nitrogens with one attached hydrogen (secondary N) is 2. The Bertz CT molecular complexity index is 1510. The number of methoxy groups -OCH3 is 2. The molecule has 2 rings (SSSR count). The zero-order valence-electron chi connectivity index (χ0n) is 37.9. The van der Waals surface area contributed by atoms with E-state index in [1.807, 2.05) is 78.8 Å². The maximum absolute atomic E-state index is 14.5. The molecule has 0 bridgehead atoms. The average molecular weight is 994 g/mol. The second-order valence-corrected chi connectivity index (χ2v) is 22.1. The van der Waals surface area contributed by atoms with Crippen LogP contribution in [0.3, 0.4) is 0 Å². The van der Waals surface area contributed by atoms with Gasteiger partial charge in [0.1, 0.15) is 18.7 Å². The third-order valence-corrected chi connectivity index (χ3v) is 15.3. The van der Waals surface area contributed by atoms with E-state index in [9.17, 15) is 29.1 Å². The molecule has 3 N–H and O–H groups in total. The quantitative estimate of drug-likeness (QED) is 0.0765. The molecule has 0 radical (unpaired) electrons. The number of benzene rings is 1. The number of carbonyl (C=O) groups excluding carboxylic acids is 5. The highest BCUT2D eigenvalue weighted by atomic mass is 127. The number of halogens is 1. The van der Waals surface area contributed by atoms with Crippen molar-refractivity contribution in [3.05, 3.63) is 35.9 Å². The first-order chi connectivity index (χ1) is 28.3. The van der Waals surface area contributed by atoms with E-state index in [0.717, 1.165) is 6.42 Å². The van der Waals surface area contributed by atoms with Crippen LogP contribution in [-0.4, -0.2) is 139 Å². The number of aliphatic hydroxyl groups is 1. The van der Waals surface area contributed by atoms with E-state index in [1.165, 1.54) is 19.1 Å². The molecule has 0 aliphatic carbocycles. The molecule has 1 fully saturated rings. The molecule has 14 nitrogen and oxygen atoms in total. The van der Waals surface area contributed by atoms with Crippen LogP contribution >= 0.6 is 40.0 Å². The van der Waals surface area contributed by atoms with Gasteiger partial charge >= 0.3 is 6.09 Å². The van der Waals surface area contributed by atoms with Gasteiger partial charge in [-0.15, -0.1) is 0 Å². The van der Waals surface area contributed by atoms with Crippen LogP contribution in [0, 0.1) is 23.7 Å². The fourth-order valence-electron chi connectivity index (χ4n) is 8.07. The molecule has 1 aromatic carbocycles. The smallest absolute Gasteiger partial charge is 0.410 e. The Morgan fingerprint density at radius 1 is 0.917 bits per heavy atom. The van der Waals surface area contributed by atoms with E-state index in [1.54, 1.807) is 56.6 Å². The summed E-state index contributed by atoms with van der Waals surface area (Å²) in [5, 5.41) is 16.8. The standard InChI is InChI=1S/C43H72IN5O9S2/c1-14-27(6)37(47(10)42(54)35(25(2)3)46-41(53)36(26(4)5)48(11)43(55)58-24-28(7)59-60-44)33(56-12)23-34(50)49-22-18-21-32(49)39(57-13)29(8)40(52)45-30(9)38(51)31-19-16-15-17-20-31/h15-17,19-20,25-30,32-33,35-39,51H,14,18,21-24H2,1-13H3,(H,45,52)(H,46,53)/t27-,28-,29+,30+,32-,33+,35-,36-,37-,38+,39+/m0/s1. The van der Waals surface area contributed by atoms with Crippen molar-refractivity contribution in [1.82, 2.24) is 25.3 Å². The SMILES string of the molecule is CC[C@H](C)[C@@H]([C@@H](CC(=O)N1CCC[C@H]1[C@H](OC)[C@@H](C)C(=O)N[C@H](C)[C@@H](O)c1ccccc1)OC)N(C)C(=O)[C@@H](NC(=O)[C@H](C(C)C)N(C)C(=O)OC[C@H](C)SSI)C(C)C. The van der Waals surface area contributed by atoms with Crippen molar-refractivity contribution in [1.29, 1.82) is 0 Å². The number of ether oxygens (including phenoxy) is 3. The van der Waals surface area contributed by atoms with Crippen molar-refractivity contribution >= 4 is 69.7 Å². The van der Waals surface area contributed by atoms with Gasteiger partial charge in [-0.3, -0.25) is 24.1 Å². The molecule has 17 heteroatoms. The van der Waals surface area contributed by atoms with Crippen LogP contribution in [0.4, 0.5) is 4.79 Å². The van der Waals surface area contributed by atoms with Gasteiger partial charge in [-0.05, 0) is 58.0 Å². The Morgan fingerprint density at radius 3 is 2.08 bits per heavy atom. The Hall–Kier alpha value is -2.32. The van der Waals surface area contributed by atoms with Crippen molar-refractivity contribution in [3.63, 3.8) is 0 Å². The number of hydrogen-bond acceptors (Lipinski definition) is 11. The van der Waals surface area contributed by atoms with Crippen molar-refractivity contribution < 1.29 is 43.3 Å². The molecule has 1 aromatic rings. The van der Waals surface area contributed by atoms with Crippen LogP contribution in [0.25, 0.3) is 0 Å². The second-order valence-electron chi connectivity index (χ2n) is 16.8. The van der Waals surface area contributed by atoms with Crippen LogP contribution in [0.15, 0.2) is 30.3 Å². The molecule has 1 aliphatic rings. The average Bonchev–Trinajstić information content (AvgIpc) is 3.70. The van der Waals surface area contributed by atoms with Gasteiger partial charge in [0.2, 0.25) is 23.6 Å². The van der Waals surface area contributed by atoms with Crippen LogP contribution < -0.4 is 10.6 Å². The minimum absolute atomic E-state index is 0.0222. The van der Waals surface area contributed by atoms with Crippen molar-refractivity contribution in [2.45, 2.75) is 142 Å². The third-order valence-electron chi connectivity index (χ3n) is 11.7. The van der Waals surface area contributed by atoms with Crippen LogP contribution in [-0.2, 0) is 33.4 Å². The number of carbonyl (C=O) groups is 5. The molecule has 0 aromatic heterocycles. The Morgan fingerprint density at radius 2 is 1.55 bits per heavy atom. The number of likely N-dealkylation sites (N-methyl/N-ethyl adjacent to an activating group) is 2. The van der Waals surface area contributed by atoms with E-state index < -0.39 is 60.4 Å². The molecule has 60 heavy (non-hydrogen) atoms. The third kappa shape index (κ3) is 14.9. The summed E-state index contributed by atoms with van der Waals surface area (Å²) in [6.45, 7) is 17.6. The van der Waals surface area contributed by atoms with E-state index in [0.29, 0.717) is 24.9 Å².